The molecule has 22 heteroatoms. The smallest absolute Gasteiger partial charge is 1.00 e. The quantitative estimate of drug-likeness (QED) is 0.0650. The number of hydrogen-bond acceptors (Lipinski definition) is 14. The maximum Gasteiger partial charge on any atom is 2.00 e. The summed E-state index contributed by atoms with van der Waals surface area (Å²) in [4.78, 5) is 52.2. The summed E-state index contributed by atoms with van der Waals surface area (Å²) < 4.78 is 42.5. The Balaban J connectivity index is 0.000000222. The average molecular weight is 1490 g/mol. The summed E-state index contributed by atoms with van der Waals surface area (Å²) in [6.07, 6.45) is 23.2. The van der Waals surface area contributed by atoms with Gasteiger partial charge in [-0.3, -0.25) is 14.0 Å². The molecule has 11 heterocycles. The summed E-state index contributed by atoms with van der Waals surface area (Å²) >= 11 is 3.28. The standard InChI is InChI=1S/C31H46N4.C29H20N4.C6H6BrN.C4H8O.C2H6.CH4O3S.2CO2.CH3.B.BrH.Mg/c1-31(2)23-14-9-17-33-30(23)35-28-24(31)18-22-20-12-6-7-15-25(20)34(19-10-4-3-5-11-19)27(22)26(28)21-13-8-16-32-29(21)35;1-19-9-7-17-30-28(19)33-25-16-15-22-21-12-5-6-14-24(21)32(20-10-3-2-4-11-20)27(22)26(25)23-13-8-18-31-29(23)33;1-5-3-2-4-8-6(5)7;1-2-4-5-3-1;1-2;1-5(2,3)4;2*2-1-3;;;;/h3-5,10-11,20-30,32-33H,6-9,12-18H2,1-2H3;2-18H,1H3;2-4H,1H3;1-4H2;1-2H3;1H3,(H,2,3,4);;;1H3;;1H;/q;;;;;;;;-1;;;+2/p-1/i;;;;1D;;;;;;;. The van der Waals surface area contributed by atoms with E-state index >= 15 is 0 Å². The minimum absolute atomic E-state index is 0. The summed E-state index contributed by atoms with van der Waals surface area (Å²) in [6.45, 7) is 16.2. The van der Waals surface area contributed by atoms with Crippen LogP contribution in [0.4, 0.5) is 5.69 Å². The van der Waals surface area contributed by atoms with Crippen molar-refractivity contribution in [2.24, 2.45) is 40.9 Å². The number of aromatic nitrogens is 5. The molecule has 5 aromatic heterocycles. The largest absolute Gasteiger partial charge is 2.00 e. The van der Waals surface area contributed by atoms with Crippen molar-refractivity contribution in [2.75, 3.05) is 37.5 Å². The van der Waals surface area contributed by atoms with Crippen molar-refractivity contribution < 1.29 is 55.2 Å². The van der Waals surface area contributed by atoms with Crippen LogP contribution in [0, 0.1) is 62.2 Å². The number of nitrogens with zero attached hydrogens (tertiary/aromatic N) is 7. The molecular formula is C76H93BBr2MgN9O8S. The molecule has 0 spiro atoms. The number of carbonyl (C=O) groups excluding carboxylic acids is 4. The van der Waals surface area contributed by atoms with Gasteiger partial charge in [0.1, 0.15) is 16.1 Å². The maximum atomic E-state index is 9.19. The molecule has 2 aliphatic carbocycles. The van der Waals surface area contributed by atoms with E-state index < -0.39 is 10.1 Å². The fourth-order valence-corrected chi connectivity index (χ4v) is 17.8. The second kappa shape index (κ2) is 37.1. The van der Waals surface area contributed by atoms with Crippen molar-refractivity contribution in [1.29, 1.82) is 0 Å². The van der Waals surface area contributed by atoms with Crippen molar-refractivity contribution in [2.45, 2.75) is 143 Å². The predicted molar refractivity (Wildman–Crippen MR) is 391 cm³/mol. The van der Waals surface area contributed by atoms with Crippen LogP contribution >= 0.6 is 15.9 Å². The fraction of sp³-hybridized carbons (Fsp3) is 0.447. The number of aryl methyl sites for hydroxylation is 2. The average Bonchev–Trinajstić information content (AvgIpc) is 1.54. The first-order valence-electron chi connectivity index (χ1n) is 34.0. The molecule has 0 amide bonds. The Labute approximate surface area is 617 Å². The van der Waals surface area contributed by atoms with Gasteiger partial charge in [0, 0.05) is 98.6 Å². The molecule has 0 bridgehead atoms. The van der Waals surface area contributed by atoms with E-state index in [1.54, 1.807) is 13.1 Å². The molecule has 2 saturated carbocycles. The monoisotopic (exact) mass is 1490 g/mol. The van der Waals surface area contributed by atoms with Gasteiger partial charge in [-0.25, -0.2) is 15.0 Å². The van der Waals surface area contributed by atoms with Gasteiger partial charge in [-0.1, -0.05) is 113 Å². The Morgan fingerprint density at radius 3 is 1.80 bits per heavy atom. The zero-order chi connectivity index (χ0) is 67.4. The third-order valence-electron chi connectivity index (χ3n) is 20.8. The minimum atomic E-state index is -3.67. The Hall–Kier alpha value is -5.97. The van der Waals surface area contributed by atoms with E-state index in [9.17, 15) is 8.42 Å². The van der Waals surface area contributed by atoms with E-state index in [1.807, 2.05) is 43.6 Å². The van der Waals surface area contributed by atoms with E-state index in [1.165, 1.54) is 122 Å². The zero-order valence-corrected chi connectivity index (χ0v) is 62.9. The van der Waals surface area contributed by atoms with Crippen LogP contribution in [0.15, 0.2) is 157 Å². The van der Waals surface area contributed by atoms with Crippen molar-refractivity contribution >= 4 is 119 Å². The Bertz CT molecular complexity index is 4170. The Kier molecular flexibility index (Phi) is 30.0. The molecule has 4 aromatic carbocycles. The molecule has 6 saturated heterocycles. The molecule has 17 nitrogen and oxygen atoms in total. The molecule has 9 aromatic rings. The number of rotatable bonds is 3. The summed E-state index contributed by atoms with van der Waals surface area (Å²) in [6, 6.07) is 49.8. The number of nitrogens with one attached hydrogen (secondary N) is 2. The van der Waals surface area contributed by atoms with Gasteiger partial charge in [0.2, 0.25) is 0 Å². The van der Waals surface area contributed by atoms with Crippen molar-refractivity contribution in [3.05, 3.63) is 175 Å². The molecule has 515 valence electrons. The third kappa shape index (κ3) is 17.0. The van der Waals surface area contributed by atoms with Crippen LogP contribution in [-0.4, -0.2) is 149 Å². The normalized spacial score (nSPS) is 24.8. The molecule has 11 unspecified atom stereocenters. The van der Waals surface area contributed by atoms with E-state index in [0.29, 0.717) is 30.9 Å². The van der Waals surface area contributed by atoms with Crippen LogP contribution < -0.4 is 32.5 Å². The van der Waals surface area contributed by atoms with Crippen molar-refractivity contribution in [3.63, 3.8) is 0 Å². The maximum absolute atomic E-state index is 9.19. The molecule has 3 N–H and O–H groups in total. The van der Waals surface area contributed by atoms with Crippen molar-refractivity contribution in [1.82, 2.24) is 39.6 Å². The molecule has 6 aliphatic heterocycles. The minimum Gasteiger partial charge on any atom is -1.00 e. The van der Waals surface area contributed by atoms with Crippen LogP contribution in [0.3, 0.4) is 0 Å². The zero-order valence-electron chi connectivity index (χ0n) is 58.5. The Morgan fingerprint density at radius 1 is 0.633 bits per heavy atom. The summed E-state index contributed by atoms with van der Waals surface area (Å²) in [5, 5.41) is 13.0. The van der Waals surface area contributed by atoms with Crippen LogP contribution in [0.5, 0.6) is 0 Å². The van der Waals surface area contributed by atoms with Gasteiger partial charge in [0.25, 0.3) is 10.1 Å². The van der Waals surface area contributed by atoms with Gasteiger partial charge in [-0.2, -0.15) is 27.6 Å². The van der Waals surface area contributed by atoms with Crippen LogP contribution in [0.1, 0.15) is 111 Å². The van der Waals surface area contributed by atoms with Gasteiger partial charge >= 0.3 is 35.4 Å². The van der Waals surface area contributed by atoms with E-state index in [2.05, 4.69) is 180 Å². The number of pyridine rings is 3. The number of para-hydroxylation sites is 3. The van der Waals surface area contributed by atoms with E-state index in [0.717, 1.165) is 105 Å². The molecule has 8 fully saturated rings. The molecule has 17 rings (SSSR count). The first-order valence-corrected chi connectivity index (χ1v) is 35.9. The molecule has 8 aliphatic rings. The number of halogens is 2. The first kappa shape index (κ1) is 79.4. The van der Waals surface area contributed by atoms with Crippen LogP contribution in [0.2, 0.25) is 0 Å². The number of piperidine rings is 3. The number of benzene rings is 4. The summed E-state index contributed by atoms with van der Waals surface area (Å²) in [7, 11) is -3.67. The SMILES string of the molecule is C1CCOC1.CC1(C)C2CCCNC2N2C3NCCCC3C3C4C(CC1C32)C1CCCCC1N4c1ccccc1.CS(=O)(=O)O.Cc1cccnc1-n1c2ccc3c4ccccc4n(-c4ccccc4)c3c2c2cccnc21.Cc1cccnc1Br.O=C=O.O=C=O.[2H]CC.[B].[Br-].[CH3-].[Mg+2]. The van der Waals surface area contributed by atoms with Gasteiger partial charge in [0.15, 0.2) is 0 Å². The molecule has 3 radical (unpaired) electrons. The first-order chi connectivity index (χ1) is 46.0. The number of fused-ring (bicyclic) bond motifs is 16. The van der Waals surface area contributed by atoms with Gasteiger partial charge in [-0.05, 0) is 207 Å². The topological polar surface area (TPSA) is 211 Å². The number of anilines is 1. The van der Waals surface area contributed by atoms with E-state index in [-0.39, 0.29) is 68.2 Å². The molecular weight excluding hydrogens is 1390 g/mol. The Morgan fingerprint density at radius 2 is 1.18 bits per heavy atom. The van der Waals surface area contributed by atoms with Crippen LogP contribution in [0.25, 0.3) is 55.2 Å². The van der Waals surface area contributed by atoms with Gasteiger partial charge < -0.3 is 49.2 Å². The molecule has 11 atom stereocenters. The van der Waals surface area contributed by atoms with E-state index in [4.69, 9.17) is 39.8 Å². The second-order valence-corrected chi connectivity index (χ2v) is 28.4. The summed E-state index contributed by atoms with van der Waals surface area (Å²) in [5.74, 6) is 5.99. The fourth-order valence-electron chi connectivity index (χ4n) is 17.5. The predicted octanol–water partition coefficient (Wildman–Crippen LogP) is 11.0. The number of hydrogen-bond donors (Lipinski definition) is 3. The third-order valence-corrected chi connectivity index (χ3v) is 21.7. The summed E-state index contributed by atoms with van der Waals surface area (Å²) in [5.41, 5.74) is 9.83. The van der Waals surface area contributed by atoms with Gasteiger partial charge in [-0.15, -0.1) is 0 Å². The number of ether oxygens (including phenoxy) is 1. The second-order valence-electron chi connectivity index (χ2n) is 26.2. The van der Waals surface area contributed by atoms with Crippen LogP contribution in [-0.2, 0) is 34.0 Å². The van der Waals surface area contributed by atoms with Crippen molar-refractivity contribution in [3.8, 4) is 11.5 Å². The van der Waals surface area contributed by atoms with Gasteiger partial charge in [0.05, 0.1) is 35.1 Å². The molecule has 98 heavy (non-hydrogen) atoms.